The molecule has 1 aliphatic heterocycles. The Bertz CT molecular complexity index is 314. The van der Waals surface area contributed by atoms with Gasteiger partial charge in [-0.25, -0.2) is 8.42 Å². The molecule has 1 N–H and O–H groups in total. The van der Waals surface area contributed by atoms with Gasteiger partial charge in [-0.1, -0.05) is 13.8 Å². The molecule has 0 aromatic rings. The Kier molecular flexibility index (Phi) is 4.76. The van der Waals surface area contributed by atoms with Crippen LogP contribution in [0.4, 0.5) is 0 Å². The maximum Gasteiger partial charge on any atom is 0.153 e. The SMILES string of the molecule is CC(C)NCC(C)N1CCS(=O)(=O)CC1C. The third-order valence-corrected chi connectivity index (χ3v) is 4.90. The minimum absolute atomic E-state index is 0.141. The highest BCUT2D eigenvalue weighted by Crippen LogP contribution is 2.14. The van der Waals surface area contributed by atoms with Gasteiger partial charge in [-0.2, -0.15) is 0 Å². The Morgan fingerprint density at radius 3 is 2.50 bits per heavy atom. The predicted molar refractivity (Wildman–Crippen MR) is 67.4 cm³/mol. The summed E-state index contributed by atoms with van der Waals surface area (Å²) in [5.74, 6) is 0.613. The van der Waals surface area contributed by atoms with Gasteiger partial charge in [0.05, 0.1) is 11.5 Å². The average Bonchev–Trinajstić information content (AvgIpc) is 2.12. The third kappa shape index (κ3) is 4.03. The highest BCUT2D eigenvalue weighted by atomic mass is 32.2. The average molecular weight is 248 g/mol. The third-order valence-electron chi connectivity index (χ3n) is 3.11. The van der Waals surface area contributed by atoms with E-state index in [0.29, 0.717) is 30.1 Å². The van der Waals surface area contributed by atoms with Crippen LogP contribution in [0.1, 0.15) is 27.7 Å². The molecule has 0 aromatic heterocycles. The molecule has 0 spiro atoms. The zero-order valence-corrected chi connectivity index (χ0v) is 11.5. The number of nitrogens with one attached hydrogen (secondary N) is 1. The van der Waals surface area contributed by atoms with Crippen LogP contribution in [0.2, 0.25) is 0 Å². The van der Waals surface area contributed by atoms with Crippen LogP contribution < -0.4 is 5.32 Å². The second kappa shape index (κ2) is 5.47. The molecule has 0 radical (unpaired) electrons. The van der Waals surface area contributed by atoms with Gasteiger partial charge in [-0.15, -0.1) is 0 Å². The van der Waals surface area contributed by atoms with Gasteiger partial charge in [0.25, 0.3) is 0 Å². The summed E-state index contributed by atoms with van der Waals surface area (Å²) >= 11 is 0. The fraction of sp³-hybridized carbons (Fsp3) is 1.00. The van der Waals surface area contributed by atoms with Gasteiger partial charge < -0.3 is 5.32 Å². The fourth-order valence-electron chi connectivity index (χ4n) is 2.19. The van der Waals surface area contributed by atoms with Gasteiger partial charge in [0.2, 0.25) is 0 Å². The van der Waals surface area contributed by atoms with Crippen LogP contribution in [-0.2, 0) is 9.84 Å². The Morgan fingerprint density at radius 1 is 1.38 bits per heavy atom. The quantitative estimate of drug-likeness (QED) is 0.787. The first kappa shape index (κ1) is 13.9. The number of rotatable bonds is 4. The molecule has 0 bridgehead atoms. The fourth-order valence-corrected chi connectivity index (χ4v) is 3.77. The molecular weight excluding hydrogens is 224 g/mol. The minimum Gasteiger partial charge on any atom is -0.313 e. The van der Waals surface area contributed by atoms with E-state index in [9.17, 15) is 8.42 Å². The van der Waals surface area contributed by atoms with E-state index in [0.717, 1.165) is 6.54 Å². The van der Waals surface area contributed by atoms with E-state index < -0.39 is 9.84 Å². The second-order valence-electron chi connectivity index (χ2n) is 5.11. The lowest BCUT2D eigenvalue weighted by molar-refractivity contribution is 0.164. The largest absolute Gasteiger partial charge is 0.313 e. The molecule has 1 saturated heterocycles. The van der Waals surface area contributed by atoms with Crippen molar-refractivity contribution in [2.24, 2.45) is 0 Å². The highest BCUT2D eigenvalue weighted by molar-refractivity contribution is 7.91. The van der Waals surface area contributed by atoms with Crippen molar-refractivity contribution in [3.63, 3.8) is 0 Å². The molecule has 0 aliphatic carbocycles. The molecule has 96 valence electrons. The lowest BCUT2D eigenvalue weighted by atomic mass is 10.2. The summed E-state index contributed by atoms with van der Waals surface area (Å²) < 4.78 is 22.9. The maximum absolute atomic E-state index is 11.5. The summed E-state index contributed by atoms with van der Waals surface area (Å²) in [6.07, 6.45) is 0. The molecule has 5 heteroatoms. The second-order valence-corrected chi connectivity index (χ2v) is 7.34. The molecule has 16 heavy (non-hydrogen) atoms. The molecule has 0 amide bonds. The van der Waals surface area contributed by atoms with Crippen LogP contribution in [0, 0.1) is 0 Å². The lowest BCUT2D eigenvalue weighted by Gasteiger charge is -2.38. The molecule has 0 aromatic carbocycles. The van der Waals surface area contributed by atoms with Gasteiger partial charge in [0, 0.05) is 31.2 Å². The number of nitrogens with zero attached hydrogens (tertiary/aromatic N) is 1. The molecule has 2 unspecified atom stereocenters. The lowest BCUT2D eigenvalue weighted by Crippen LogP contribution is -2.53. The molecule has 0 saturated carbocycles. The monoisotopic (exact) mass is 248 g/mol. The number of sulfone groups is 1. The van der Waals surface area contributed by atoms with Crippen LogP contribution in [0.5, 0.6) is 0 Å². The first-order valence-corrected chi connectivity index (χ1v) is 7.83. The molecule has 1 fully saturated rings. The summed E-state index contributed by atoms with van der Waals surface area (Å²) in [6, 6.07) is 1.02. The van der Waals surface area contributed by atoms with Gasteiger partial charge >= 0.3 is 0 Å². The van der Waals surface area contributed by atoms with Crippen molar-refractivity contribution in [1.29, 1.82) is 0 Å². The topological polar surface area (TPSA) is 49.4 Å². The highest BCUT2D eigenvalue weighted by Gasteiger charge is 2.30. The Hall–Kier alpha value is -0.130. The van der Waals surface area contributed by atoms with Crippen LogP contribution in [0.25, 0.3) is 0 Å². The Morgan fingerprint density at radius 2 is 2.00 bits per heavy atom. The normalized spacial score (nSPS) is 28.2. The van der Waals surface area contributed by atoms with E-state index in [-0.39, 0.29) is 6.04 Å². The van der Waals surface area contributed by atoms with Crippen molar-refractivity contribution in [3.8, 4) is 0 Å². The summed E-state index contributed by atoms with van der Waals surface area (Å²) in [7, 11) is -2.79. The van der Waals surface area contributed by atoms with Crippen LogP contribution in [0.3, 0.4) is 0 Å². The standard InChI is InChI=1S/C11H24N2O2S/c1-9(2)12-7-10(3)13-5-6-16(14,15)8-11(13)4/h9-12H,5-8H2,1-4H3. The Balaban J connectivity index is 2.48. The zero-order valence-electron chi connectivity index (χ0n) is 10.7. The first-order valence-electron chi connectivity index (χ1n) is 6.01. The van der Waals surface area contributed by atoms with Crippen LogP contribution in [-0.4, -0.2) is 56.0 Å². The zero-order chi connectivity index (χ0) is 12.3. The van der Waals surface area contributed by atoms with Crippen molar-refractivity contribution < 1.29 is 8.42 Å². The summed E-state index contributed by atoms with van der Waals surface area (Å²) in [4.78, 5) is 2.29. The Labute approximate surface area is 99.3 Å². The van der Waals surface area contributed by atoms with E-state index in [2.05, 4.69) is 31.0 Å². The van der Waals surface area contributed by atoms with Crippen LogP contribution >= 0.6 is 0 Å². The van der Waals surface area contributed by atoms with Crippen molar-refractivity contribution >= 4 is 9.84 Å². The molecule has 1 aliphatic rings. The van der Waals surface area contributed by atoms with Gasteiger partial charge in [-0.05, 0) is 13.8 Å². The molecule has 2 atom stereocenters. The summed E-state index contributed by atoms with van der Waals surface area (Å²) in [5, 5.41) is 3.39. The number of hydrogen-bond donors (Lipinski definition) is 1. The minimum atomic E-state index is -2.79. The summed E-state index contributed by atoms with van der Waals surface area (Å²) in [6.45, 7) is 9.99. The predicted octanol–water partition coefficient (Wildman–Crippen LogP) is 0.492. The van der Waals surface area contributed by atoms with Gasteiger partial charge in [-0.3, -0.25) is 4.90 Å². The van der Waals surface area contributed by atoms with E-state index in [1.165, 1.54) is 0 Å². The molecular formula is C11H24N2O2S. The van der Waals surface area contributed by atoms with E-state index >= 15 is 0 Å². The number of hydrogen-bond acceptors (Lipinski definition) is 4. The van der Waals surface area contributed by atoms with Crippen molar-refractivity contribution in [1.82, 2.24) is 10.2 Å². The maximum atomic E-state index is 11.5. The molecule has 1 heterocycles. The van der Waals surface area contributed by atoms with E-state index in [1.807, 2.05) is 6.92 Å². The van der Waals surface area contributed by atoms with Crippen molar-refractivity contribution in [2.75, 3.05) is 24.6 Å². The summed E-state index contributed by atoms with van der Waals surface area (Å²) in [5.41, 5.74) is 0. The molecule has 1 rings (SSSR count). The molecule has 4 nitrogen and oxygen atoms in total. The van der Waals surface area contributed by atoms with Crippen molar-refractivity contribution in [3.05, 3.63) is 0 Å². The first-order chi connectivity index (χ1) is 7.32. The van der Waals surface area contributed by atoms with Gasteiger partial charge in [0.15, 0.2) is 9.84 Å². The van der Waals surface area contributed by atoms with Crippen molar-refractivity contribution in [2.45, 2.75) is 45.8 Å². The van der Waals surface area contributed by atoms with E-state index in [1.54, 1.807) is 0 Å². The van der Waals surface area contributed by atoms with Crippen LogP contribution in [0.15, 0.2) is 0 Å². The van der Waals surface area contributed by atoms with E-state index in [4.69, 9.17) is 0 Å². The van der Waals surface area contributed by atoms with Gasteiger partial charge in [0.1, 0.15) is 0 Å². The smallest absolute Gasteiger partial charge is 0.153 e.